The quantitative estimate of drug-likeness (QED) is 0.627. The molecule has 1 aliphatic carbocycles. The summed E-state index contributed by atoms with van der Waals surface area (Å²) in [7, 11) is 0. The third-order valence-electron chi connectivity index (χ3n) is 5.41. The van der Waals surface area contributed by atoms with E-state index in [1.807, 2.05) is 19.2 Å². The molecule has 3 heterocycles. The van der Waals surface area contributed by atoms with Crippen molar-refractivity contribution in [2.24, 2.45) is 0 Å². The minimum Gasteiger partial charge on any atom is -0.465 e. The van der Waals surface area contributed by atoms with Crippen molar-refractivity contribution in [3.8, 4) is 11.3 Å². The maximum atomic E-state index is 12.3. The summed E-state index contributed by atoms with van der Waals surface area (Å²) in [6, 6.07) is 1.69. The van der Waals surface area contributed by atoms with Crippen LogP contribution in [0, 0.1) is 0 Å². The van der Waals surface area contributed by atoms with Gasteiger partial charge in [0.2, 0.25) is 0 Å². The van der Waals surface area contributed by atoms with Crippen molar-refractivity contribution in [2.75, 3.05) is 5.32 Å². The van der Waals surface area contributed by atoms with E-state index in [2.05, 4.69) is 21.0 Å². The van der Waals surface area contributed by atoms with Gasteiger partial charge in [-0.05, 0) is 31.4 Å². The van der Waals surface area contributed by atoms with Crippen molar-refractivity contribution in [3.63, 3.8) is 0 Å². The van der Waals surface area contributed by atoms with E-state index in [9.17, 15) is 9.59 Å². The second-order valence-electron chi connectivity index (χ2n) is 7.25. The normalized spacial score (nSPS) is 21.1. The number of hydrogen-bond acceptors (Lipinski definition) is 5. The van der Waals surface area contributed by atoms with Crippen molar-refractivity contribution < 1.29 is 14.7 Å². The predicted molar refractivity (Wildman–Crippen MR) is 103 cm³/mol. The van der Waals surface area contributed by atoms with Gasteiger partial charge < -0.3 is 21.1 Å². The van der Waals surface area contributed by atoms with Gasteiger partial charge in [-0.25, -0.2) is 9.78 Å². The third-order valence-corrected chi connectivity index (χ3v) is 5.41. The summed E-state index contributed by atoms with van der Waals surface area (Å²) in [6.07, 6.45) is 6.29. The summed E-state index contributed by atoms with van der Waals surface area (Å²) in [6.45, 7) is 3.19. The van der Waals surface area contributed by atoms with Crippen LogP contribution in [0.1, 0.15) is 48.5 Å². The number of pyridine rings is 1. The van der Waals surface area contributed by atoms with E-state index >= 15 is 0 Å². The number of carbonyl (C=O) groups is 2. The van der Waals surface area contributed by atoms with E-state index in [0.717, 1.165) is 43.4 Å². The Labute approximate surface area is 162 Å². The lowest BCUT2D eigenvalue weighted by atomic mass is 9.90. The Kier molecular flexibility index (Phi) is 4.89. The third kappa shape index (κ3) is 3.51. The van der Waals surface area contributed by atoms with Crippen LogP contribution in [0.4, 0.5) is 10.6 Å². The highest BCUT2D eigenvalue weighted by Crippen LogP contribution is 2.31. The number of aryl methyl sites for hydroxylation is 1. The molecule has 2 aliphatic rings. The van der Waals surface area contributed by atoms with Crippen LogP contribution in [0.2, 0.25) is 0 Å². The smallest absolute Gasteiger partial charge is 0.404 e. The number of fused-ring (bicyclic) bond motifs is 1. The van der Waals surface area contributed by atoms with Crippen molar-refractivity contribution >= 4 is 17.8 Å². The van der Waals surface area contributed by atoms with Gasteiger partial charge in [0.15, 0.2) is 0 Å². The Hall–Kier alpha value is -3.10. The molecule has 4 rings (SSSR count). The zero-order chi connectivity index (χ0) is 19.7. The second kappa shape index (κ2) is 7.49. The van der Waals surface area contributed by atoms with Gasteiger partial charge in [0.05, 0.1) is 23.5 Å². The van der Waals surface area contributed by atoms with E-state index in [1.54, 1.807) is 10.9 Å². The maximum absolute atomic E-state index is 12.3. The van der Waals surface area contributed by atoms with Crippen LogP contribution in [0.25, 0.3) is 11.3 Å². The monoisotopic (exact) mass is 384 g/mol. The largest absolute Gasteiger partial charge is 0.465 e. The Balaban J connectivity index is 1.67. The Morgan fingerprint density at radius 1 is 1.36 bits per heavy atom. The lowest BCUT2D eigenvalue weighted by molar-refractivity contribution is 0.0966. The van der Waals surface area contributed by atoms with Crippen molar-refractivity contribution in [3.05, 3.63) is 29.6 Å². The summed E-state index contributed by atoms with van der Waals surface area (Å²) >= 11 is 0. The highest BCUT2D eigenvalue weighted by molar-refractivity contribution is 6.04. The molecule has 2 unspecified atom stereocenters. The number of hydrogen-bond donors (Lipinski definition) is 4. The number of carboxylic acid groups (broad SMARTS) is 1. The standard InChI is InChI=1S/C19H24N6O3/c1-2-25-10-12(9-21-25)17-16-11(8-20-18(16)26)7-15(24-17)22-13-5-3-4-6-14(13)23-19(27)28/h7,9-10,13-14,23H,2-6,8H2,1H3,(H,20,26)(H,22,24)(H,27,28). The van der Waals surface area contributed by atoms with Gasteiger partial charge in [-0.3, -0.25) is 9.48 Å². The molecular weight excluding hydrogens is 360 g/mol. The first-order valence-corrected chi connectivity index (χ1v) is 9.66. The molecule has 1 aliphatic heterocycles. The molecule has 1 fully saturated rings. The lowest BCUT2D eigenvalue weighted by Gasteiger charge is -2.32. The van der Waals surface area contributed by atoms with E-state index in [-0.39, 0.29) is 18.0 Å². The molecule has 9 heteroatoms. The number of amides is 2. The molecule has 0 saturated heterocycles. The summed E-state index contributed by atoms with van der Waals surface area (Å²) in [4.78, 5) is 28.2. The average molecular weight is 384 g/mol. The highest BCUT2D eigenvalue weighted by Gasteiger charge is 2.29. The second-order valence-corrected chi connectivity index (χ2v) is 7.25. The molecule has 2 aromatic heterocycles. The maximum Gasteiger partial charge on any atom is 0.404 e. The summed E-state index contributed by atoms with van der Waals surface area (Å²) in [5, 5.41) is 22.3. The molecule has 2 amide bonds. The molecule has 0 bridgehead atoms. The van der Waals surface area contributed by atoms with Gasteiger partial charge in [0.25, 0.3) is 5.91 Å². The SMILES string of the molecule is CCn1cc(-c2nc(NC3CCCCC3NC(=O)O)cc3c2C(=O)NC3)cn1. The summed E-state index contributed by atoms with van der Waals surface area (Å²) in [5.41, 5.74) is 2.88. The van der Waals surface area contributed by atoms with Crippen LogP contribution in [0.5, 0.6) is 0 Å². The predicted octanol–water partition coefficient (Wildman–Crippen LogP) is 2.20. The molecule has 0 radical (unpaired) electrons. The molecule has 1 saturated carbocycles. The van der Waals surface area contributed by atoms with E-state index in [1.165, 1.54) is 0 Å². The van der Waals surface area contributed by atoms with Crippen LogP contribution in [-0.2, 0) is 13.1 Å². The first-order valence-electron chi connectivity index (χ1n) is 9.66. The van der Waals surface area contributed by atoms with Crippen LogP contribution in [0.3, 0.4) is 0 Å². The molecule has 148 valence electrons. The minimum absolute atomic E-state index is 0.0355. The molecule has 0 aromatic carbocycles. The van der Waals surface area contributed by atoms with Crippen LogP contribution in [0.15, 0.2) is 18.5 Å². The van der Waals surface area contributed by atoms with Crippen molar-refractivity contribution in [2.45, 2.75) is 57.8 Å². The molecule has 2 atom stereocenters. The number of nitrogens with zero attached hydrogens (tertiary/aromatic N) is 3. The van der Waals surface area contributed by atoms with Gasteiger partial charge in [0.1, 0.15) is 5.82 Å². The number of rotatable bonds is 5. The first-order chi connectivity index (χ1) is 13.5. The minimum atomic E-state index is -1.01. The first kappa shape index (κ1) is 18.3. The average Bonchev–Trinajstić information content (AvgIpc) is 3.29. The molecule has 4 N–H and O–H groups in total. The molecule has 0 spiro atoms. The number of nitrogens with one attached hydrogen (secondary N) is 3. The Morgan fingerprint density at radius 3 is 2.86 bits per heavy atom. The lowest BCUT2D eigenvalue weighted by Crippen LogP contribution is -2.48. The van der Waals surface area contributed by atoms with Crippen LogP contribution >= 0.6 is 0 Å². The zero-order valence-electron chi connectivity index (χ0n) is 15.7. The van der Waals surface area contributed by atoms with Gasteiger partial charge in [0, 0.05) is 30.9 Å². The zero-order valence-corrected chi connectivity index (χ0v) is 15.7. The fourth-order valence-electron chi connectivity index (χ4n) is 4.02. The summed E-state index contributed by atoms with van der Waals surface area (Å²) in [5.74, 6) is 0.523. The number of anilines is 1. The molecule has 2 aromatic rings. The number of carbonyl (C=O) groups excluding carboxylic acids is 1. The Morgan fingerprint density at radius 2 is 2.14 bits per heavy atom. The number of aromatic nitrogens is 3. The summed E-state index contributed by atoms with van der Waals surface area (Å²) < 4.78 is 1.80. The van der Waals surface area contributed by atoms with Gasteiger partial charge in [-0.1, -0.05) is 12.8 Å². The van der Waals surface area contributed by atoms with Gasteiger partial charge >= 0.3 is 6.09 Å². The molecule has 28 heavy (non-hydrogen) atoms. The highest BCUT2D eigenvalue weighted by atomic mass is 16.4. The van der Waals surface area contributed by atoms with E-state index in [4.69, 9.17) is 10.1 Å². The Bertz CT molecular complexity index is 909. The molecular formula is C19H24N6O3. The van der Waals surface area contributed by atoms with Crippen LogP contribution < -0.4 is 16.0 Å². The van der Waals surface area contributed by atoms with Crippen molar-refractivity contribution in [1.82, 2.24) is 25.4 Å². The van der Waals surface area contributed by atoms with Crippen LogP contribution in [-0.4, -0.2) is 44.0 Å². The topological polar surface area (TPSA) is 121 Å². The van der Waals surface area contributed by atoms with E-state index in [0.29, 0.717) is 23.6 Å². The van der Waals surface area contributed by atoms with Gasteiger partial charge in [-0.2, -0.15) is 5.10 Å². The van der Waals surface area contributed by atoms with E-state index < -0.39 is 6.09 Å². The van der Waals surface area contributed by atoms with Crippen molar-refractivity contribution in [1.29, 1.82) is 0 Å². The molecule has 9 nitrogen and oxygen atoms in total. The van der Waals surface area contributed by atoms with Gasteiger partial charge in [-0.15, -0.1) is 0 Å². The fourth-order valence-corrected chi connectivity index (χ4v) is 4.02. The fraction of sp³-hybridized carbons (Fsp3) is 0.474.